The number of hydrogen-bond donors (Lipinski definition) is 1. The molecule has 1 N–H and O–H groups in total. The largest absolute Gasteiger partial charge is 0.454 e. The van der Waals surface area contributed by atoms with Crippen LogP contribution in [0, 0.1) is 0 Å². The Bertz CT molecular complexity index is 1260. The zero-order valence-corrected chi connectivity index (χ0v) is 21.7. The van der Waals surface area contributed by atoms with E-state index in [1.165, 1.54) is 11.3 Å². The molecular weight excluding hydrogens is 476 g/mol. The van der Waals surface area contributed by atoms with E-state index >= 15 is 0 Å². The molecule has 1 unspecified atom stereocenters. The lowest BCUT2D eigenvalue weighted by Gasteiger charge is -2.38. The van der Waals surface area contributed by atoms with Crippen LogP contribution in [0.15, 0.2) is 42.5 Å². The van der Waals surface area contributed by atoms with Crippen molar-refractivity contribution in [1.29, 1.82) is 0 Å². The first kappa shape index (κ1) is 23.6. The molecule has 0 spiro atoms. The number of ether oxygens (including phenoxy) is 3. The summed E-state index contributed by atoms with van der Waals surface area (Å²) < 4.78 is 17.2. The zero-order valence-electron chi connectivity index (χ0n) is 20.9. The van der Waals surface area contributed by atoms with E-state index < -0.39 is 0 Å². The summed E-state index contributed by atoms with van der Waals surface area (Å²) in [6.45, 7) is 9.80. The second-order valence-corrected chi connectivity index (χ2v) is 10.9. The Hall–Kier alpha value is -2.74. The first-order valence-electron chi connectivity index (χ1n) is 12.8. The van der Waals surface area contributed by atoms with Gasteiger partial charge in [0.25, 0.3) is 0 Å². The molecule has 2 saturated heterocycles. The van der Waals surface area contributed by atoms with Crippen molar-refractivity contribution in [3.63, 3.8) is 0 Å². The highest BCUT2D eigenvalue weighted by Crippen LogP contribution is 2.37. The van der Waals surface area contributed by atoms with E-state index in [0.29, 0.717) is 6.04 Å². The van der Waals surface area contributed by atoms with Gasteiger partial charge in [0.2, 0.25) is 6.79 Å². The molecule has 1 aromatic heterocycles. The molecule has 36 heavy (non-hydrogen) atoms. The highest BCUT2D eigenvalue weighted by atomic mass is 35.5. The predicted molar refractivity (Wildman–Crippen MR) is 144 cm³/mol. The summed E-state index contributed by atoms with van der Waals surface area (Å²) in [6.07, 6.45) is 2.02. The second-order valence-electron chi connectivity index (χ2n) is 10.5. The molecule has 0 radical (unpaired) electrons. The fourth-order valence-corrected chi connectivity index (χ4v) is 5.70. The van der Waals surface area contributed by atoms with Gasteiger partial charge >= 0.3 is 0 Å². The van der Waals surface area contributed by atoms with Crippen molar-refractivity contribution in [2.75, 3.05) is 49.4 Å². The molecule has 2 fully saturated rings. The number of piperazine rings is 1. The van der Waals surface area contributed by atoms with Crippen molar-refractivity contribution in [2.45, 2.75) is 44.9 Å². The van der Waals surface area contributed by atoms with Crippen LogP contribution in [0.1, 0.15) is 32.3 Å². The number of aromatic nitrogens is 1. The normalized spacial score (nSPS) is 21.2. The molecule has 190 valence electrons. The maximum absolute atomic E-state index is 6.24. The van der Waals surface area contributed by atoms with Crippen molar-refractivity contribution in [1.82, 2.24) is 10.3 Å². The molecule has 3 aromatic rings. The van der Waals surface area contributed by atoms with Crippen molar-refractivity contribution < 1.29 is 14.2 Å². The number of nitrogens with one attached hydrogen (secondary N) is 1. The molecule has 0 aliphatic carbocycles. The highest BCUT2D eigenvalue weighted by molar-refractivity contribution is 6.30. The fraction of sp³-hybridized carbons (Fsp3) is 0.464. The molecular formula is C28H33ClN4O3. The number of anilines is 2. The number of rotatable bonds is 5. The topological polar surface area (TPSA) is 59.1 Å². The van der Waals surface area contributed by atoms with Gasteiger partial charge in [-0.05, 0) is 57.0 Å². The standard InChI is InChI=1S/C28H33ClN4O3/c1-28(2)16-22(6-11-36-28)30-17-20-12-19-13-25-26(35-18-34-25)15-24(19)31-27(20)33-9-7-32(8-10-33)23-5-3-4-21(29)14-23/h3-5,12-15,22,30H,6-11,16-18H2,1-2H3. The maximum atomic E-state index is 6.24. The van der Waals surface area contributed by atoms with Gasteiger partial charge in [0.15, 0.2) is 11.5 Å². The number of hydrogen-bond acceptors (Lipinski definition) is 7. The van der Waals surface area contributed by atoms with Crippen molar-refractivity contribution >= 4 is 34.0 Å². The molecule has 2 aromatic carbocycles. The molecule has 0 amide bonds. The van der Waals surface area contributed by atoms with Gasteiger partial charge in [-0.3, -0.25) is 0 Å². The first-order chi connectivity index (χ1) is 17.4. The highest BCUT2D eigenvalue weighted by Gasteiger charge is 2.29. The van der Waals surface area contributed by atoms with E-state index in [1.54, 1.807) is 0 Å². The average molecular weight is 509 g/mol. The third-order valence-electron chi connectivity index (χ3n) is 7.40. The van der Waals surface area contributed by atoms with Crippen LogP contribution < -0.4 is 24.6 Å². The SMILES string of the molecule is CC1(C)CC(NCc2cc3cc4c(cc3nc2N2CCN(c3cccc(Cl)c3)CC2)OCO4)CCO1. The van der Waals surface area contributed by atoms with Crippen LogP contribution in [0.2, 0.25) is 5.02 Å². The summed E-state index contributed by atoms with van der Waals surface area (Å²) in [5.74, 6) is 2.60. The number of benzene rings is 2. The van der Waals surface area contributed by atoms with Crippen LogP contribution in [0.5, 0.6) is 11.5 Å². The maximum Gasteiger partial charge on any atom is 0.231 e. The third kappa shape index (κ3) is 4.92. The van der Waals surface area contributed by atoms with Crippen LogP contribution in [0.3, 0.4) is 0 Å². The van der Waals surface area contributed by atoms with Crippen molar-refractivity contribution in [2.24, 2.45) is 0 Å². The van der Waals surface area contributed by atoms with Gasteiger partial charge in [-0.1, -0.05) is 17.7 Å². The molecule has 1 atom stereocenters. The Kier molecular flexibility index (Phi) is 6.32. The Labute approximate surface area is 217 Å². The van der Waals surface area contributed by atoms with Gasteiger partial charge < -0.3 is 29.3 Å². The minimum Gasteiger partial charge on any atom is -0.454 e. The molecule has 6 rings (SSSR count). The number of halogens is 1. The summed E-state index contributed by atoms with van der Waals surface area (Å²) in [5.41, 5.74) is 3.23. The summed E-state index contributed by atoms with van der Waals surface area (Å²) >= 11 is 6.24. The van der Waals surface area contributed by atoms with E-state index in [4.69, 9.17) is 30.8 Å². The summed E-state index contributed by atoms with van der Waals surface area (Å²) in [5, 5.41) is 5.65. The monoisotopic (exact) mass is 508 g/mol. The lowest BCUT2D eigenvalue weighted by atomic mass is 9.94. The fourth-order valence-electron chi connectivity index (χ4n) is 5.51. The summed E-state index contributed by atoms with van der Waals surface area (Å²) in [6, 6.07) is 14.8. The van der Waals surface area contributed by atoms with E-state index in [9.17, 15) is 0 Å². The first-order valence-corrected chi connectivity index (χ1v) is 13.2. The van der Waals surface area contributed by atoms with Crippen molar-refractivity contribution in [3.8, 4) is 11.5 Å². The minimum atomic E-state index is -0.0884. The summed E-state index contributed by atoms with van der Waals surface area (Å²) in [4.78, 5) is 9.97. The predicted octanol–water partition coefficient (Wildman–Crippen LogP) is 4.99. The smallest absolute Gasteiger partial charge is 0.231 e. The lowest BCUT2D eigenvalue weighted by Crippen LogP contribution is -2.47. The molecule has 8 heteroatoms. The average Bonchev–Trinajstić information content (AvgIpc) is 3.32. The zero-order chi connectivity index (χ0) is 24.7. The van der Waals surface area contributed by atoms with E-state index in [0.717, 1.165) is 85.4 Å². The molecule has 7 nitrogen and oxygen atoms in total. The Balaban J connectivity index is 1.26. The third-order valence-corrected chi connectivity index (χ3v) is 7.63. The van der Waals surface area contributed by atoms with Gasteiger partial charge in [-0.2, -0.15) is 0 Å². The van der Waals surface area contributed by atoms with E-state index in [-0.39, 0.29) is 12.4 Å². The lowest BCUT2D eigenvalue weighted by molar-refractivity contribution is -0.0630. The summed E-state index contributed by atoms with van der Waals surface area (Å²) in [7, 11) is 0. The van der Waals surface area contributed by atoms with Gasteiger partial charge in [-0.15, -0.1) is 0 Å². The molecule has 4 heterocycles. The Morgan fingerprint density at radius 1 is 1.03 bits per heavy atom. The van der Waals surface area contributed by atoms with E-state index in [1.807, 2.05) is 30.3 Å². The van der Waals surface area contributed by atoms with Gasteiger partial charge in [0, 0.05) is 73.1 Å². The minimum absolute atomic E-state index is 0.0884. The van der Waals surface area contributed by atoms with Crippen LogP contribution in [-0.4, -0.2) is 56.2 Å². The quantitative estimate of drug-likeness (QED) is 0.521. The van der Waals surface area contributed by atoms with Crippen molar-refractivity contribution in [3.05, 3.63) is 53.1 Å². The molecule has 0 saturated carbocycles. The van der Waals surface area contributed by atoms with Crippen LogP contribution in [-0.2, 0) is 11.3 Å². The van der Waals surface area contributed by atoms with Crippen LogP contribution in [0.25, 0.3) is 10.9 Å². The van der Waals surface area contributed by atoms with Gasteiger partial charge in [-0.25, -0.2) is 4.98 Å². The molecule has 0 bridgehead atoms. The Morgan fingerprint density at radius 3 is 2.58 bits per heavy atom. The van der Waals surface area contributed by atoms with Gasteiger partial charge in [0.1, 0.15) is 5.82 Å². The second kappa shape index (κ2) is 9.61. The van der Waals surface area contributed by atoms with Gasteiger partial charge in [0.05, 0.1) is 11.1 Å². The molecule has 3 aliphatic heterocycles. The number of pyridine rings is 1. The number of fused-ring (bicyclic) bond motifs is 2. The Morgan fingerprint density at radius 2 is 1.81 bits per heavy atom. The number of nitrogens with zero attached hydrogens (tertiary/aromatic N) is 3. The van der Waals surface area contributed by atoms with Crippen LogP contribution >= 0.6 is 11.6 Å². The van der Waals surface area contributed by atoms with E-state index in [2.05, 4.69) is 41.1 Å². The molecule has 3 aliphatic rings. The van der Waals surface area contributed by atoms with Crippen LogP contribution in [0.4, 0.5) is 11.5 Å².